The summed E-state index contributed by atoms with van der Waals surface area (Å²) < 4.78 is 13.2. The first-order valence-electron chi connectivity index (χ1n) is 4.58. The van der Waals surface area contributed by atoms with Gasteiger partial charge in [-0.3, -0.25) is 9.78 Å². The molecule has 0 saturated carbocycles. The van der Waals surface area contributed by atoms with Gasteiger partial charge in [0.1, 0.15) is 0 Å². The fourth-order valence-electron chi connectivity index (χ4n) is 0.985. The summed E-state index contributed by atoms with van der Waals surface area (Å²) in [5, 5.41) is 2.63. The molecule has 1 rings (SSSR count). The number of rotatable bonds is 3. The van der Waals surface area contributed by atoms with Gasteiger partial charge in [0.2, 0.25) is 0 Å². The average molecular weight is 211 g/mol. The fourth-order valence-corrected chi connectivity index (χ4v) is 0.985. The van der Waals surface area contributed by atoms with E-state index in [9.17, 15) is 9.18 Å². The summed E-state index contributed by atoms with van der Waals surface area (Å²) in [6.45, 7) is 3.82. The maximum absolute atomic E-state index is 13.2. The molecule has 1 heterocycles. The number of nitrogens with two attached hydrogens (primary N) is 1. The number of carbonyl (C=O) groups is 1. The van der Waals surface area contributed by atoms with Crippen molar-refractivity contribution in [2.45, 2.75) is 19.4 Å². The van der Waals surface area contributed by atoms with Crippen LogP contribution in [0.25, 0.3) is 0 Å². The van der Waals surface area contributed by atoms with Gasteiger partial charge in [0, 0.05) is 18.3 Å². The summed E-state index contributed by atoms with van der Waals surface area (Å²) >= 11 is 0. The van der Waals surface area contributed by atoms with E-state index in [2.05, 4.69) is 10.3 Å². The van der Waals surface area contributed by atoms with Crippen LogP contribution in [0.4, 0.5) is 4.39 Å². The van der Waals surface area contributed by atoms with Crippen molar-refractivity contribution in [1.82, 2.24) is 10.3 Å². The lowest BCUT2D eigenvalue weighted by molar-refractivity contribution is 0.0911. The van der Waals surface area contributed by atoms with Crippen LogP contribution in [-0.4, -0.2) is 23.0 Å². The zero-order valence-electron chi connectivity index (χ0n) is 8.75. The Morgan fingerprint density at radius 3 is 2.87 bits per heavy atom. The van der Waals surface area contributed by atoms with Crippen molar-refractivity contribution in [3.8, 4) is 0 Å². The van der Waals surface area contributed by atoms with E-state index < -0.39 is 17.3 Å². The molecule has 0 saturated heterocycles. The van der Waals surface area contributed by atoms with Crippen LogP contribution in [0, 0.1) is 5.82 Å². The highest BCUT2D eigenvalue weighted by atomic mass is 19.1. The normalized spacial score (nSPS) is 11.2. The lowest BCUT2D eigenvalue weighted by atomic mass is 10.1. The number of halogens is 1. The molecule has 4 nitrogen and oxygen atoms in total. The summed E-state index contributed by atoms with van der Waals surface area (Å²) in [4.78, 5) is 15.2. The smallest absolute Gasteiger partial charge is 0.254 e. The third kappa shape index (κ3) is 2.99. The number of carbonyl (C=O) groups excluding carboxylic acids is 1. The summed E-state index contributed by atoms with van der Waals surface area (Å²) in [5.41, 5.74) is 4.88. The van der Waals surface area contributed by atoms with E-state index in [1.54, 1.807) is 13.8 Å². The minimum atomic E-state index is -0.636. The molecule has 0 bridgehead atoms. The quantitative estimate of drug-likeness (QED) is 0.772. The number of hydrogen-bond acceptors (Lipinski definition) is 3. The van der Waals surface area contributed by atoms with Crippen molar-refractivity contribution >= 4 is 5.91 Å². The Hall–Kier alpha value is -1.49. The molecular formula is C10H14FN3O. The van der Waals surface area contributed by atoms with Gasteiger partial charge in [0.05, 0.1) is 11.8 Å². The molecule has 0 radical (unpaired) electrons. The number of aromatic nitrogens is 1. The number of pyridine rings is 1. The first-order chi connectivity index (χ1) is 6.96. The van der Waals surface area contributed by atoms with E-state index in [1.165, 1.54) is 12.3 Å². The molecular weight excluding hydrogens is 197 g/mol. The number of hydrogen-bond donors (Lipinski definition) is 2. The highest BCUT2D eigenvalue weighted by Gasteiger charge is 2.20. The second kappa shape index (κ2) is 4.35. The fraction of sp³-hybridized carbons (Fsp3) is 0.400. The van der Waals surface area contributed by atoms with Gasteiger partial charge in [0.25, 0.3) is 5.91 Å². The second-order valence-corrected chi connectivity index (χ2v) is 3.90. The van der Waals surface area contributed by atoms with Crippen LogP contribution < -0.4 is 11.1 Å². The van der Waals surface area contributed by atoms with Crippen molar-refractivity contribution < 1.29 is 9.18 Å². The second-order valence-electron chi connectivity index (χ2n) is 3.90. The third-order valence-corrected chi connectivity index (χ3v) is 1.98. The zero-order chi connectivity index (χ0) is 11.5. The molecule has 3 N–H and O–H groups in total. The van der Waals surface area contributed by atoms with E-state index >= 15 is 0 Å². The highest BCUT2D eigenvalue weighted by molar-refractivity contribution is 5.94. The molecule has 0 atom stereocenters. The third-order valence-electron chi connectivity index (χ3n) is 1.98. The van der Waals surface area contributed by atoms with Crippen molar-refractivity contribution in [2.24, 2.45) is 5.73 Å². The van der Waals surface area contributed by atoms with E-state index in [4.69, 9.17) is 5.73 Å². The summed E-state index contributed by atoms with van der Waals surface area (Å²) in [6, 6.07) is 1.33. The summed E-state index contributed by atoms with van der Waals surface area (Å²) in [6.07, 6.45) is 2.37. The predicted octanol–water partition coefficient (Wildman–Crippen LogP) is 0.688. The SMILES string of the molecule is CC(C)(CN)NC(=O)c1ccncc1F. The van der Waals surface area contributed by atoms with E-state index in [-0.39, 0.29) is 12.1 Å². The molecule has 82 valence electrons. The topological polar surface area (TPSA) is 68.0 Å². The van der Waals surface area contributed by atoms with Crippen LogP contribution in [0.5, 0.6) is 0 Å². The Balaban J connectivity index is 2.83. The molecule has 1 aromatic heterocycles. The molecule has 5 heteroatoms. The van der Waals surface area contributed by atoms with Crippen molar-refractivity contribution in [2.75, 3.05) is 6.54 Å². The maximum Gasteiger partial charge on any atom is 0.254 e. The molecule has 15 heavy (non-hydrogen) atoms. The van der Waals surface area contributed by atoms with Gasteiger partial charge in [-0.1, -0.05) is 0 Å². The lowest BCUT2D eigenvalue weighted by Crippen LogP contribution is -2.49. The van der Waals surface area contributed by atoms with Gasteiger partial charge < -0.3 is 11.1 Å². The van der Waals surface area contributed by atoms with Crippen molar-refractivity contribution in [1.29, 1.82) is 0 Å². The monoisotopic (exact) mass is 211 g/mol. The Kier molecular flexibility index (Phi) is 3.36. The first kappa shape index (κ1) is 11.6. The molecule has 0 fully saturated rings. The Bertz CT molecular complexity index is 365. The lowest BCUT2D eigenvalue weighted by Gasteiger charge is -2.24. The Morgan fingerprint density at radius 1 is 1.67 bits per heavy atom. The van der Waals surface area contributed by atoms with E-state index in [0.717, 1.165) is 6.20 Å². The molecule has 0 aliphatic rings. The first-order valence-corrected chi connectivity index (χ1v) is 4.58. The van der Waals surface area contributed by atoms with Gasteiger partial charge in [0.15, 0.2) is 5.82 Å². The average Bonchev–Trinajstić information content (AvgIpc) is 2.17. The summed E-state index contributed by atoms with van der Waals surface area (Å²) in [7, 11) is 0. The molecule has 0 spiro atoms. The Labute approximate surface area is 87.7 Å². The zero-order valence-corrected chi connectivity index (χ0v) is 8.75. The van der Waals surface area contributed by atoms with Gasteiger partial charge in [-0.2, -0.15) is 0 Å². The number of nitrogens with zero attached hydrogens (tertiary/aromatic N) is 1. The standard InChI is InChI=1S/C10H14FN3O/c1-10(2,6-12)14-9(15)7-3-4-13-5-8(7)11/h3-5H,6,12H2,1-2H3,(H,14,15). The molecule has 0 unspecified atom stereocenters. The highest BCUT2D eigenvalue weighted by Crippen LogP contribution is 2.07. The van der Waals surface area contributed by atoms with E-state index in [0.29, 0.717) is 0 Å². The van der Waals surface area contributed by atoms with Gasteiger partial charge in [-0.25, -0.2) is 4.39 Å². The van der Waals surface area contributed by atoms with Gasteiger partial charge >= 0.3 is 0 Å². The minimum absolute atomic E-state index is 0.0217. The predicted molar refractivity (Wildman–Crippen MR) is 54.8 cm³/mol. The van der Waals surface area contributed by atoms with Crippen LogP contribution >= 0.6 is 0 Å². The van der Waals surface area contributed by atoms with Crippen LogP contribution in [0.3, 0.4) is 0 Å². The van der Waals surface area contributed by atoms with E-state index in [1.807, 2.05) is 0 Å². The number of amides is 1. The minimum Gasteiger partial charge on any atom is -0.346 e. The van der Waals surface area contributed by atoms with Crippen LogP contribution in [0.1, 0.15) is 24.2 Å². The molecule has 0 aromatic carbocycles. The van der Waals surface area contributed by atoms with Crippen LogP contribution in [-0.2, 0) is 0 Å². The van der Waals surface area contributed by atoms with Crippen molar-refractivity contribution in [3.05, 3.63) is 29.8 Å². The van der Waals surface area contributed by atoms with Gasteiger partial charge in [-0.05, 0) is 19.9 Å². The maximum atomic E-state index is 13.2. The van der Waals surface area contributed by atoms with Crippen LogP contribution in [0.2, 0.25) is 0 Å². The Morgan fingerprint density at radius 2 is 2.33 bits per heavy atom. The van der Waals surface area contributed by atoms with Gasteiger partial charge in [-0.15, -0.1) is 0 Å². The molecule has 0 aliphatic carbocycles. The largest absolute Gasteiger partial charge is 0.346 e. The van der Waals surface area contributed by atoms with Crippen LogP contribution in [0.15, 0.2) is 18.5 Å². The van der Waals surface area contributed by atoms with Crippen molar-refractivity contribution in [3.63, 3.8) is 0 Å². The molecule has 1 amide bonds. The number of nitrogens with one attached hydrogen (secondary N) is 1. The summed E-state index contributed by atoms with van der Waals surface area (Å²) in [5.74, 6) is -1.12. The molecule has 0 aliphatic heterocycles. The molecule has 1 aromatic rings.